The molecule has 1 aromatic heterocycles. The van der Waals surface area contributed by atoms with Crippen molar-refractivity contribution in [2.75, 3.05) is 0 Å². The van der Waals surface area contributed by atoms with E-state index >= 15 is 0 Å². The van der Waals surface area contributed by atoms with Gasteiger partial charge in [-0.3, -0.25) is 4.98 Å². The molecule has 0 saturated heterocycles. The Morgan fingerprint density at radius 3 is 3.06 bits per heavy atom. The second kappa shape index (κ2) is 6.96. The van der Waals surface area contributed by atoms with E-state index < -0.39 is 0 Å². The quantitative estimate of drug-likeness (QED) is 0.742. The van der Waals surface area contributed by atoms with Crippen molar-refractivity contribution in [1.29, 1.82) is 0 Å². The highest BCUT2D eigenvalue weighted by Gasteiger charge is 2.01. The van der Waals surface area contributed by atoms with Gasteiger partial charge in [0.05, 0.1) is 0 Å². The maximum Gasteiger partial charge on any atom is 0.0425 e. The lowest BCUT2D eigenvalue weighted by Crippen LogP contribution is -2.20. The summed E-state index contributed by atoms with van der Waals surface area (Å²) in [5.74, 6) is 0. The molecule has 16 heavy (non-hydrogen) atoms. The van der Waals surface area contributed by atoms with Crippen LogP contribution in [-0.4, -0.2) is 11.0 Å². The zero-order valence-corrected chi connectivity index (χ0v) is 9.89. The standard InChI is InChI=1S/C14H20N2/c1-3-5-6-7-13(15)11-14-10-12(4-2)8-9-16-14/h3,6-10,13H,1,4-5,11,15H2,2H3. The average molecular weight is 216 g/mol. The van der Waals surface area contributed by atoms with Gasteiger partial charge in [0.15, 0.2) is 0 Å². The van der Waals surface area contributed by atoms with E-state index in [1.807, 2.05) is 30.5 Å². The maximum atomic E-state index is 5.98. The Morgan fingerprint density at radius 1 is 1.56 bits per heavy atom. The van der Waals surface area contributed by atoms with Gasteiger partial charge in [-0.2, -0.15) is 0 Å². The molecular weight excluding hydrogens is 196 g/mol. The first kappa shape index (κ1) is 12.7. The molecule has 0 fully saturated rings. The number of nitrogens with zero attached hydrogens (tertiary/aromatic N) is 1. The minimum Gasteiger partial charge on any atom is -0.324 e. The van der Waals surface area contributed by atoms with E-state index in [-0.39, 0.29) is 6.04 Å². The highest BCUT2D eigenvalue weighted by molar-refractivity contribution is 5.17. The normalized spacial score (nSPS) is 12.9. The molecule has 0 spiro atoms. The van der Waals surface area contributed by atoms with Crippen molar-refractivity contribution in [2.45, 2.75) is 32.2 Å². The van der Waals surface area contributed by atoms with Crippen molar-refractivity contribution < 1.29 is 0 Å². The van der Waals surface area contributed by atoms with Crippen LogP contribution in [0.25, 0.3) is 0 Å². The summed E-state index contributed by atoms with van der Waals surface area (Å²) in [5.41, 5.74) is 8.35. The van der Waals surface area contributed by atoms with E-state index in [0.29, 0.717) is 0 Å². The second-order valence-corrected chi connectivity index (χ2v) is 3.83. The fraction of sp³-hybridized carbons (Fsp3) is 0.357. The molecule has 2 N–H and O–H groups in total. The van der Waals surface area contributed by atoms with Crippen molar-refractivity contribution >= 4 is 0 Å². The predicted molar refractivity (Wildman–Crippen MR) is 69.2 cm³/mol. The van der Waals surface area contributed by atoms with Crippen LogP contribution in [0, 0.1) is 0 Å². The number of nitrogens with two attached hydrogens (primary N) is 1. The van der Waals surface area contributed by atoms with Gasteiger partial charge in [0, 0.05) is 24.4 Å². The number of pyridine rings is 1. The number of hydrogen-bond acceptors (Lipinski definition) is 2. The monoisotopic (exact) mass is 216 g/mol. The van der Waals surface area contributed by atoms with Crippen molar-refractivity contribution in [1.82, 2.24) is 4.98 Å². The van der Waals surface area contributed by atoms with Crippen molar-refractivity contribution in [3.63, 3.8) is 0 Å². The number of aryl methyl sites for hydroxylation is 1. The predicted octanol–water partition coefficient (Wildman–Crippen LogP) is 2.65. The van der Waals surface area contributed by atoms with Crippen LogP contribution in [0.2, 0.25) is 0 Å². The van der Waals surface area contributed by atoms with Crippen LogP contribution in [0.3, 0.4) is 0 Å². The molecule has 0 aliphatic carbocycles. The van der Waals surface area contributed by atoms with Gasteiger partial charge in [-0.05, 0) is 30.5 Å². The summed E-state index contributed by atoms with van der Waals surface area (Å²) >= 11 is 0. The average Bonchev–Trinajstić information content (AvgIpc) is 2.29. The molecule has 0 aliphatic rings. The molecular formula is C14H20N2. The van der Waals surface area contributed by atoms with Crippen molar-refractivity contribution in [2.24, 2.45) is 5.73 Å². The fourth-order valence-electron chi connectivity index (χ4n) is 1.52. The first-order chi connectivity index (χ1) is 7.76. The third-order valence-corrected chi connectivity index (χ3v) is 2.42. The van der Waals surface area contributed by atoms with Gasteiger partial charge in [-0.15, -0.1) is 6.58 Å². The second-order valence-electron chi connectivity index (χ2n) is 3.83. The summed E-state index contributed by atoms with van der Waals surface area (Å²) in [7, 11) is 0. The van der Waals surface area contributed by atoms with Crippen molar-refractivity contribution in [3.8, 4) is 0 Å². The minimum atomic E-state index is 0.0413. The zero-order chi connectivity index (χ0) is 11.8. The molecule has 1 rings (SSSR count). The largest absolute Gasteiger partial charge is 0.324 e. The van der Waals surface area contributed by atoms with Crippen LogP contribution in [0.4, 0.5) is 0 Å². The van der Waals surface area contributed by atoms with Crippen LogP contribution in [0.5, 0.6) is 0 Å². The lowest BCUT2D eigenvalue weighted by Gasteiger charge is -2.06. The number of aromatic nitrogens is 1. The summed E-state index contributed by atoms with van der Waals surface area (Å²) in [6, 6.07) is 4.21. The molecule has 2 heteroatoms. The van der Waals surface area contributed by atoms with E-state index in [2.05, 4.69) is 24.6 Å². The van der Waals surface area contributed by atoms with Crippen LogP contribution < -0.4 is 5.73 Å². The summed E-state index contributed by atoms with van der Waals surface area (Å²) in [4.78, 5) is 4.32. The number of hydrogen-bond donors (Lipinski definition) is 1. The van der Waals surface area contributed by atoms with Gasteiger partial charge in [-0.25, -0.2) is 0 Å². The lowest BCUT2D eigenvalue weighted by molar-refractivity contribution is 0.783. The van der Waals surface area contributed by atoms with Gasteiger partial charge in [0.2, 0.25) is 0 Å². The third kappa shape index (κ3) is 4.41. The Hall–Kier alpha value is -1.41. The molecule has 1 atom stereocenters. The topological polar surface area (TPSA) is 38.9 Å². The summed E-state index contributed by atoms with van der Waals surface area (Å²) in [6.07, 6.45) is 10.5. The molecule has 1 aromatic rings. The van der Waals surface area contributed by atoms with Gasteiger partial charge in [0.25, 0.3) is 0 Å². The molecule has 1 unspecified atom stereocenters. The molecule has 2 nitrogen and oxygen atoms in total. The molecule has 1 heterocycles. The molecule has 0 saturated carbocycles. The first-order valence-corrected chi connectivity index (χ1v) is 5.73. The van der Waals surface area contributed by atoms with E-state index in [9.17, 15) is 0 Å². The Balaban J connectivity index is 2.54. The minimum absolute atomic E-state index is 0.0413. The maximum absolute atomic E-state index is 5.98. The van der Waals surface area contributed by atoms with Crippen LogP contribution >= 0.6 is 0 Å². The molecule has 0 radical (unpaired) electrons. The summed E-state index contributed by atoms with van der Waals surface area (Å²) in [5, 5.41) is 0. The Labute approximate surface area is 97.9 Å². The lowest BCUT2D eigenvalue weighted by atomic mass is 10.1. The summed E-state index contributed by atoms with van der Waals surface area (Å²) in [6.45, 7) is 5.80. The van der Waals surface area contributed by atoms with E-state index in [1.54, 1.807) is 0 Å². The first-order valence-electron chi connectivity index (χ1n) is 5.73. The number of rotatable bonds is 6. The SMILES string of the molecule is C=CCC=CC(N)Cc1cc(CC)ccn1. The highest BCUT2D eigenvalue weighted by atomic mass is 14.7. The molecule has 0 amide bonds. The van der Waals surface area contributed by atoms with Gasteiger partial charge in [0.1, 0.15) is 0 Å². The Kier molecular flexibility index (Phi) is 5.51. The van der Waals surface area contributed by atoms with E-state index in [1.165, 1.54) is 5.56 Å². The van der Waals surface area contributed by atoms with Crippen molar-refractivity contribution in [3.05, 3.63) is 54.4 Å². The summed E-state index contributed by atoms with van der Waals surface area (Å²) < 4.78 is 0. The van der Waals surface area contributed by atoms with E-state index in [4.69, 9.17) is 5.73 Å². The highest BCUT2D eigenvalue weighted by Crippen LogP contribution is 2.05. The molecule has 86 valence electrons. The van der Waals surface area contributed by atoms with Crippen LogP contribution in [0.15, 0.2) is 43.1 Å². The van der Waals surface area contributed by atoms with E-state index in [0.717, 1.165) is 25.0 Å². The van der Waals surface area contributed by atoms with Gasteiger partial charge >= 0.3 is 0 Å². The van der Waals surface area contributed by atoms with Crippen LogP contribution in [-0.2, 0) is 12.8 Å². The Bertz CT molecular complexity index is 356. The molecule has 0 bridgehead atoms. The Morgan fingerprint density at radius 2 is 2.38 bits per heavy atom. The fourth-order valence-corrected chi connectivity index (χ4v) is 1.52. The molecule has 0 aromatic carbocycles. The number of allylic oxidation sites excluding steroid dienone is 2. The molecule has 0 aliphatic heterocycles. The smallest absolute Gasteiger partial charge is 0.0425 e. The van der Waals surface area contributed by atoms with Gasteiger partial charge in [-0.1, -0.05) is 25.2 Å². The zero-order valence-electron chi connectivity index (χ0n) is 9.89. The third-order valence-electron chi connectivity index (χ3n) is 2.42. The van der Waals surface area contributed by atoms with Crippen LogP contribution in [0.1, 0.15) is 24.6 Å². The van der Waals surface area contributed by atoms with Gasteiger partial charge < -0.3 is 5.73 Å².